The summed E-state index contributed by atoms with van der Waals surface area (Å²) in [4.78, 5) is 10.9. The lowest BCUT2D eigenvalue weighted by atomic mass is 9.65. The molecule has 0 aliphatic heterocycles. The highest BCUT2D eigenvalue weighted by Gasteiger charge is 2.35. The fraction of sp³-hybridized carbons (Fsp3) is 0.875. The number of Topliss-reactive ketones (excluding diaryl/α,β-unsaturated/α-hetero) is 1. The summed E-state index contributed by atoms with van der Waals surface area (Å²) in [7, 11) is 0. The SMILES string of the molecule is O=C1CCC2CCC2C1. The lowest BCUT2D eigenvalue weighted by Gasteiger charge is -2.39. The van der Waals surface area contributed by atoms with Crippen molar-refractivity contribution in [2.75, 3.05) is 0 Å². The van der Waals surface area contributed by atoms with Crippen molar-refractivity contribution in [3.63, 3.8) is 0 Å². The molecule has 2 aliphatic rings. The van der Waals surface area contributed by atoms with Gasteiger partial charge >= 0.3 is 0 Å². The Hall–Kier alpha value is -0.330. The first kappa shape index (κ1) is 5.45. The van der Waals surface area contributed by atoms with Gasteiger partial charge < -0.3 is 0 Å². The number of fused-ring (bicyclic) bond motifs is 1. The predicted octanol–water partition coefficient (Wildman–Crippen LogP) is 1.77. The van der Waals surface area contributed by atoms with Crippen LogP contribution in [0.5, 0.6) is 0 Å². The topological polar surface area (TPSA) is 17.1 Å². The van der Waals surface area contributed by atoms with E-state index in [4.69, 9.17) is 0 Å². The maximum absolute atomic E-state index is 10.9. The van der Waals surface area contributed by atoms with E-state index in [1.54, 1.807) is 0 Å². The molecule has 2 fully saturated rings. The van der Waals surface area contributed by atoms with E-state index in [-0.39, 0.29) is 0 Å². The van der Waals surface area contributed by atoms with Crippen LogP contribution < -0.4 is 0 Å². The lowest BCUT2D eigenvalue weighted by molar-refractivity contribution is -0.124. The highest BCUT2D eigenvalue weighted by molar-refractivity contribution is 5.79. The zero-order valence-corrected chi connectivity index (χ0v) is 5.60. The van der Waals surface area contributed by atoms with Gasteiger partial charge in [-0.3, -0.25) is 4.79 Å². The maximum Gasteiger partial charge on any atom is 0.133 e. The summed E-state index contributed by atoms with van der Waals surface area (Å²) in [6.45, 7) is 0. The van der Waals surface area contributed by atoms with E-state index in [9.17, 15) is 4.79 Å². The molecular weight excluding hydrogens is 112 g/mol. The van der Waals surface area contributed by atoms with Crippen LogP contribution >= 0.6 is 0 Å². The van der Waals surface area contributed by atoms with E-state index in [0.717, 1.165) is 24.7 Å². The zero-order chi connectivity index (χ0) is 6.27. The minimum Gasteiger partial charge on any atom is -0.300 e. The first-order valence-corrected chi connectivity index (χ1v) is 3.88. The van der Waals surface area contributed by atoms with Crippen molar-refractivity contribution >= 4 is 5.78 Å². The number of hydrogen-bond acceptors (Lipinski definition) is 1. The van der Waals surface area contributed by atoms with Gasteiger partial charge in [-0.1, -0.05) is 0 Å². The maximum atomic E-state index is 10.9. The molecule has 2 saturated carbocycles. The fourth-order valence-electron chi connectivity index (χ4n) is 2.03. The van der Waals surface area contributed by atoms with Crippen LogP contribution in [0, 0.1) is 11.8 Å². The second-order valence-electron chi connectivity index (χ2n) is 3.38. The molecule has 0 spiro atoms. The number of ketones is 1. The summed E-state index contributed by atoms with van der Waals surface area (Å²) in [5.41, 5.74) is 0. The van der Waals surface area contributed by atoms with Gasteiger partial charge in [-0.15, -0.1) is 0 Å². The van der Waals surface area contributed by atoms with Gasteiger partial charge in [-0.05, 0) is 31.1 Å². The summed E-state index contributed by atoms with van der Waals surface area (Å²) in [6, 6.07) is 0. The molecule has 0 saturated heterocycles. The van der Waals surface area contributed by atoms with Crippen LogP contribution in [0.25, 0.3) is 0 Å². The minimum absolute atomic E-state index is 0.510. The standard InChI is InChI=1S/C8H12O/c9-8-4-3-6-1-2-7(6)5-8/h6-7H,1-5H2. The third-order valence-electron chi connectivity index (χ3n) is 2.86. The molecule has 0 aromatic carbocycles. The molecule has 0 radical (unpaired) electrons. The average molecular weight is 124 g/mol. The Morgan fingerprint density at radius 3 is 2.33 bits per heavy atom. The molecular formula is C8H12O. The Kier molecular flexibility index (Phi) is 1.11. The van der Waals surface area contributed by atoms with E-state index >= 15 is 0 Å². The lowest BCUT2D eigenvalue weighted by Crippen LogP contribution is -2.32. The van der Waals surface area contributed by atoms with Crippen LogP contribution in [0.4, 0.5) is 0 Å². The molecule has 2 rings (SSSR count). The highest BCUT2D eigenvalue weighted by Crippen LogP contribution is 2.43. The predicted molar refractivity (Wildman–Crippen MR) is 35.1 cm³/mol. The van der Waals surface area contributed by atoms with Crippen LogP contribution in [0.15, 0.2) is 0 Å². The Morgan fingerprint density at radius 2 is 1.89 bits per heavy atom. The molecule has 0 amide bonds. The highest BCUT2D eigenvalue weighted by atomic mass is 16.1. The van der Waals surface area contributed by atoms with E-state index in [2.05, 4.69) is 0 Å². The van der Waals surface area contributed by atoms with E-state index in [1.807, 2.05) is 0 Å². The fourth-order valence-corrected chi connectivity index (χ4v) is 2.03. The molecule has 0 bridgehead atoms. The Bertz CT molecular complexity index is 140. The Morgan fingerprint density at radius 1 is 1.11 bits per heavy atom. The molecule has 1 heteroatoms. The monoisotopic (exact) mass is 124 g/mol. The third kappa shape index (κ3) is 0.790. The molecule has 9 heavy (non-hydrogen) atoms. The van der Waals surface area contributed by atoms with Gasteiger partial charge in [-0.25, -0.2) is 0 Å². The van der Waals surface area contributed by atoms with Crippen molar-refractivity contribution in [2.45, 2.75) is 32.1 Å². The van der Waals surface area contributed by atoms with Gasteiger partial charge in [0.2, 0.25) is 0 Å². The van der Waals surface area contributed by atoms with E-state index in [1.165, 1.54) is 19.3 Å². The quantitative estimate of drug-likeness (QED) is 0.481. The number of hydrogen-bond donors (Lipinski definition) is 0. The number of rotatable bonds is 0. The molecule has 2 unspecified atom stereocenters. The second kappa shape index (κ2) is 1.83. The van der Waals surface area contributed by atoms with Crippen molar-refractivity contribution in [3.05, 3.63) is 0 Å². The van der Waals surface area contributed by atoms with Crippen molar-refractivity contribution in [2.24, 2.45) is 11.8 Å². The normalized spacial score (nSPS) is 41.6. The second-order valence-corrected chi connectivity index (χ2v) is 3.38. The zero-order valence-electron chi connectivity index (χ0n) is 5.60. The summed E-state index contributed by atoms with van der Waals surface area (Å²) < 4.78 is 0. The molecule has 0 aromatic heterocycles. The van der Waals surface area contributed by atoms with Crippen molar-refractivity contribution in [1.82, 2.24) is 0 Å². The molecule has 2 atom stereocenters. The number of carbonyl (C=O) groups is 1. The van der Waals surface area contributed by atoms with Gasteiger partial charge in [0.05, 0.1) is 0 Å². The van der Waals surface area contributed by atoms with Crippen LogP contribution in [0.3, 0.4) is 0 Å². The molecule has 0 heterocycles. The molecule has 0 N–H and O–H groups in total. The molecule has 50 valence electrons. The van der Waals surface area contributed by atoms with Gasteiger partial charge in [-0.2, -0.15) is 0 Å². The number of carbonyl (C=O) groups excluding carboxylic acids is 1. The first-order chi connectivity index (χ1) is 4.36. The average Bonchev–Trinajstić information content (AvgIpc) is 1.78. The van der Waals surface area contributed by atoms with Gasteiger partial charge in [0, 0.05) is 12.8 Å². The molecule has 2 aliphatic carbocycles. The van der Waals surface area contributed by atoms with Crippen molar-refractivity contribution in [1.29, 1.82) is 0 Å². The van der Waals surface area contributed by atoms with Crippen LogP contribution in [0.2, 0.25) is 0 Å². The van der Waals surface area contributed by atoms with Crippen LogP contribution in [0.1, 0.15) is 32.1 Å². The van der Waals surface area contributed by atoms with Gasteiger partial charge in [0.1, 0.15) is 5.78 Å². The first-order valence-electron chi connectivity index (χ1n) is 3.88. The molecule has 0 aromatic rings. The third-order valence-corrected chi connectivity index (χ3v) is 2.86. The van der Waals surface area contributed by atoms with Gasteiger partial charge in [0.25, 0.3) is 0 Å². The molecule has 1 nitrogen and oxygen atoms in total. The van der Waals surface area contributed by atoms with Crippen molar-refractivity contribution in [3.8, 4) is 0 Å². The van der Waals surface area contributed by atoms with Gasteiger partial charge in [0.15, 0.2) is 0 Å². The smallest absolute Gasteiger partial charge is 0.133 e. The summed E-state index contributed by atoms with van der Waals surface area (Å²) in [5.74, 6) is 2.27. The Balaban J connectivity index is 1.99. The minimum atomic E-state index is 0.510. The van der Waals surface area contributed by atoms with Crippen LogP contribution in [-0.2, 0) is 4.79 Å². The summed E-state index contributed by atoms with van der Waals surface area (Å²) in [6.07, 6.45) is 5.71. The Labute approximate surface area is 55.4 Å². The van der Waals surface area contributed by atoms with E-state index < -0.39 is 0 Å². The van der Waals surface area contributed by atoms with Crippen LogP contribution in [-0.4, -0.2) is 5.78 Å². The van der Waals surface area contributed by atoms with E-state index in [0.29, 0.717) is 5.78 Å². The van der Waals surface area contributed by atoms with Crippen molar-refractivity contribution < 1.29 is 4.79 Å². The summed E-state index contributed by atoms with van der Waals surface area (Å²) in [5, 5.41) is 0. The largest absolute Gasteiger partial charge is 0.300 e. The summed E-state index contributed by atoms with van der Waals surface area (Å²) >= 11 is 0.